The van der Waals surface area contributed by atoms with Crippen LogP contribution in [0.4, 0.5) is 0 Å². The minimum Gasteiger partial charge on any atom is -0.496 e. The SMILES string of the molecule is COc1ccccc1C(=O)NC(=S)c1c(C)nc2sccn12. The molecule has 7 heteroatoms. The summed E-state index contributed by atoms with van der Waals surface area (Å²) in [4.78, 5) is 18.0. The number of carbonyl (C=O) groups is 1. The Hall–Kier alpha value is -2.25. The van der Waals surface area contributed by atoms with E-state index in [1.807, 2.05) is 29.0 Å². The smallest absolute Gasteiger partial charge is 0.260 e. The second-order valence-electron chi connectivity index (χ2n) is 4.58. The first-order valence-corrected chi connectivity index (χ1v) is 7.81. The number of fused-ring (bicyclic) bond motifs is 1. The van der Waals surface area contributed by atoms with Crippen molar-refractivity contribution >= 4 is 39.4 Å². The first-order chi connectivity index (χ1) is 10.6. The van der Waals surface area contributed by atoms with Crippen molar-refractivity contribution in [1.82, 2.24) is 14.7 Å². The van der Waals surface area contributed by atoms with Gasteiger partial charge in [-0.05, 0) is 19.1 Å². The molecule has 0 saturated heterocycles. The van der Waals surface area contributed by atoms with Gasteiger partial charge in [-0.15, -0.1) is 11.3 Å². The minimum atomic E-state index is -0.299. The van der Waals surface area contributed by atoms with Gasteiger partial charge in [0, 0.05) is 11.6 Å². The van der Waals surface area contributed by atoms with Crippen molar-refractivity contribution in [3.8, 4) is 5.75 Å². The van der Waals surface area contributed by atoms with Crippen molar-refractivity contribution < 1.29 is 9.53 Å². The highest BCUT2D eigenvalue weighted by molar-refractivity contribution is 7.80. The van der Waals surface area contributed by atoms with E-state index in [4.69, 9.17) is 17.0 Å². The fourth-order valence-electron chi connectivity index (χ4n) is 2.23. The Balaban J connectivity index is 1.89. The van der Waals surface area contributed by atoms with Crippen LogP contribution in [0, 0.1) is 6.92 Å². The van der Waals surface area contributed by atoms with Crippen LogP contribution in [0.5, 0.6) is 5.75 Å². The fourth-order valence-corrected chi connectivity index (χ4v) is 3.33. The number of rotatable bonds is 3. The molecule has 2 heterocycles. The number of imidazole rings is 1. The number of hydrogen-bond acceptors (Lipinski definition) is 5. The highest BCUT2D eigenvalue weighted by Crippen LogP contribution is 2.19. The molecule has 0 fully saturated rings. The van der Waals surface area contributed by atoms with E-state index in [0.29, 0.717) is 16.3 Å². The quantitative estimate of drug-likeness (QED) is 0.750. The van der Waals surface area contributed by atoms with Crippen molar-refractivity contribution in [1.29, 1.82) is 0 Å². The number of para-hydroxylation sites is 1. The molecule has 0 spiro atoms. The Labute approximate surface area is 136 Å². The van der Waals surface area contributed by atoms with Crippen LogP contribution in [0.3, 0.4) is 0 Å². The standard InChI is InChI=1S/C15H13N3O2S2/c1-9-12(18-7-8-22-15(18)16-9)14(21)17-13(19)10-5-3-4-6-11(10)20-2/h3-8H,1-2H3,(H,17,19,21). The van der Waals surface area contributed by atoms with Gasteiger partial charge in [0.15, 0.2) is 4.96 Å². The van der Waals surface area contributed by atoms with E-state index in [1.54, 1.807) is 18.2 Å². The average molecular weight is 331 g/mol. The Kier molecular flexibility index (Phi) is 3.91. The van der Waals surface area contributed by atoms with Gasteiger partial charge < -0.3 is 10.1 Å². The maximum Gasteiger partial charge on any atom is 0.260 e. The number of thiazole rings is 1. The molecule has 22 heavy (non-hydrogen) atoms. The molecule has 0 saturated carbocycles. The number of hydrogen-bond donors (Lipinski definition) is 1. The van der Waals surface area contributed by atoms with Gasteiger partial charge in [0.25, 0.3) is 5.91 Å². The largest absolute Gasteiger partial charge is 0.496 e. The molecule has 1 aromatic carbocycles. The zero-order valence-electron chi connectivity index (χ0n) is 12.0. The summed E-state index contributed by atoms with van der Waals surface area (Å²) in [5, 5.41) is 4.68. The maximum atomic E-state index is 12.4. The van der Waals surface area contributed by atoms with Gasteiger partial charge >= 0.3 is 0 Å². The first kappa shape index (κ1) is 14.7. The third kappa shape index (κ3) is 2.49. The molecular formula is C15H13N3O2S2. The lowest BCUT2D eigenvalue weighted by Crippen LogP contribution is -2.31. The zero-order chi connectivity index (χ0) is 15.7. The van der Waals surface area contributed by atoms with Crippen LogP contribution in [-0.2, 0) is 0 Å². The van der Waals surface area contributed by atoms with Crippen molar-refractivity contribution in [2.24, 2.45) is 0 Å². The summed E-state index contributed by atoms with van der Waals surface area (Å²) >= 11 is 6.90. The van der Waals surface area contributed by atoms with E-state index < -0.39 is 0 Å². The second kappa shape index (κ2) is 5.86. The summed E-state index contributed by atoms with van der Waals surface area (Å²) in [7, 11) is 1.53. The first-order valence-electron chi connectivity index (χ1n) is 6.52. The van der Waals surface area contributed by atoms with Crippen LogP contribution >= 0.6 is 23.6 Å². The van der Waals surface area contributed by atoms with E-state index in [-0.39, 0.29) is 5.91 Å². The molecule has 0 radical (unpaired) electrons. The van der Waals surface area contributed by atoms with Crippen LogP contribution in [0.1, 0.15) is 21.7 Å². The number of carbonyl (C=O) groups excluding carboxylic acids is 1. The second-order valence-corrected chi connectivity index (χ2v) is 5.87. The summed E-state index contributed by atoms with van der Waals surface area (Å²) < 4.78 is 7.08. The summed E-state index contributed by atoms with van der Waals surface area (Å²) in [5.74, 6) is 0.209. The number of nitrogens with one attached hydrogen (secondary N) is 1. The van der Waals surface area contributed by atoms with Gasteiger partial charge in [0.1, 0.15) is 16.4 Å². The molecule has 2 aromatic heterocycles. The van der Waals surface area contributed by atoms with Crippen molar-refractivity contribution in [3.63, 3.8) is 0 Å². The zero-order valence-corrected chi connectivity index (χ0v) is 13.6. The minimum absolute atomic E-state index is 0.299. The molecule has 0 bridgehead atoms. The number of thiocarbonyl (C=S) groups is 1. The van der Waals surface area contributed by atoms with Gasteiger partial charge in [-0.1, -0.05) is 24.4 Å². The Morgan fingerprint density at radius 2 is 2.18 bits per heavy atom. The molecule has 1 N–H and O–H groups in total. The number of benzene rings is 1. The van der Waals surface area contributed by atoms with E-state index in [1.165, 1.54) is 18.4 Å². The molecular weight excluding hydrogens is 318 g/mol. The number of nitrogens with zero attached hydrogens (tertiary/aromatic N) is 2. The molecule has 5 nitrogen and oxygen atoms in total. The van der Waals surface area contributed by atoms with Crippen LogP contribution in [0.2, 0.25) is 0 Å². The van der Waals surface area contributed by atoms with Crippen LogP contribution in [-0.4, -0.2) is 27.4 Å². The lowest BCUT2D eigenvalue weighted by molar-refractivity contribution is 0.0975. The molecule has 0 aliphatic rings. The Morgan fingerprint density at radius 3 is 2.95 bits per heavy atom. The number of ether oxygens (including phenoxy) is 1. The van der Waals surface area contributed by atoms with Crippen molar-refractivity contribution in [3.05, 3.63) is 52.8 Å². The molecule has 0 aliphatic heterocycles. The Morgan fingerprint density at radius 1 is 1.41 bits per heavy atom. The lowest BCUT2D eigenvalue weighted by atomic mass is 10.2. The molecule has 112 valence electrons. The Bertz CT molecular complexity index is 867. The maximum absolute atomic E-state index is 12.4. The van der Waals surface area contributed by atoms with E-state index >= 15 is 0 Å². The normalized spacial score (nSPS) is 10.6. The van der Waals surface area contributed by atoms with E-state index in [0.717, 1.165) is 16.3 Å². The summed E-state index contributed by atoms with van der Waals surface area (Å²) in [6, 6.07) is 7.02. The fraction of sp³-hybridized carbons (Fsp3) is 0.133. The number of amides is 1. The number of methoxy groups -OCH3 is 1. The van der Waals surface area contributed by atoms with Gasteiger partial charge in [0.05, 0.1) is 18.4 Å². The number of aryl methyl sites for hydroxylation is 1. The van der Waals surface area contributed by atoms with E-state index in [9.17, 15) is 4.79 Å². The number of aromatic nitrogens is 2. The van der Waals surface area contributed by atoms with Gasteiger partial charge in [-0.25, -0.2) is 4.98 Å². The van der Waals surface area contributed by atoms with Gasteiger partial charge in [-0.3, -0.25) is 9.20 Å². The van der Waals surface area contributed by atoms with Crippen molar-refractivity contribution in [2.75, 3.05) is 7.11 Å². The highest BCUT2D eigenvalue weighted by atomic mass is 32.1. The molecule has 3 aromatic rings. The van der Waals surface area contributed by atoms with Gasteiger partial charge in [-0.2, -0.15) is 0 Å². The molecule has 1 amide bonds. The average Bonchev–Trinajstić information content (AvgIpc) is 3.06. The molecule has 0 unspecified atom stereocenters. The molecule has 3 rings (SSSR count). The lowest BCUT2D eigenvalue weighted by Gasteiger charge is -2.10. The van der Waals surface area contributed by atoms with Crippen molar-refractivity contribution in [2.45, 2.75) is 6.92 Å². The third-order valence-electron chi connectivity index (χ3n) is 3.23. The summed E-state index contributed by atoms with van der Waals surface area (Å²) in [5.41, 5.74) is 1.96. The molecule has 0 aliphatic carbocycles. The summed E-state index contributed by atoms with van der Waals surface area (Å²) in [6.07, 6.45) is 1.89. The third-order valence-corrected chi connectivity index (χ3v) is 4.28. The topological polar surface area (TPSA) is 55.6 Å². The molecule has 0 atom stereocenters. The van der Waals surface area contributed by atoms with Crippen LogP contribution in [0.25, 0.3) is 4.96 Å². The van der Waals surface area contributed by atoms with E-state index in [2.05, 4.69) is 10.3 Å². The van der Waals surface area contributed by atoms with Crippen LogP contribution < -0.4 is 10.1 Å². The van der Waals surface area contributed by atoms with Gasteiger partial charge in [0.2, 0.25) is 0 Å². The van der Waals surface area contributed by atoms with Crippen LogP contribution in [0.15, 0.2) is 35.8 Å². The highest BCUT2D eigenvalue weighted by Gasteiger charge is 2.18. The predicted molar refractivity (Wildman–Crippen MR) is 90.0 cm³/mol. The monoisotopic (exact) mass is 331 g/mol. The summed E-state index contributed by atoms with van der Waals surface area (Å²) in [6.45, 7) is 1.87. The predicted octanol–water partition coefficient (Wildman–Crippen LogP) is 2.82.